The maximum atomic E-state index is 12.3. The molecule has 2 N–H and O–H groups in total. The molecule has 0 unspecified atom stereocenters. The van der Waals surface area contributed by atoms with Gasteiger partial charge in [0.1, 0.15) is 0 Å². The van der Waals surface area contributed by atoms with Gasteiger partial charge in [-0.25, -0.2) is 4.79 Å². The van der Waals surface area contributed by atoms with Gasteiger partial charge in [0.15, 0.2) is 0 Å². The highest BCUT2D eigenvalue weighted by atomic mass is 79.9. The zero-order valence-corrected chi connectivity index (χ0v) is 13.5. The highest BCUT2D eigenvalue weighted by molar-refractivity contribution is 9.10. The van der Waals surface area contributed by atoms with Gasteiger partial charge in [-0.15, -0.1) is 0 Å². The van der Waals surface area contributed by atoms with Gasteiger partial charge < -0.3 is 10.4 Å². The van der Waals surface area contributed by atoms with E-state index >= 15 is 0 Å². The van der Waals surface area contributed by atoms with Gasteiger partial charge in [0, 0.05) is 10.4 Å². The van der Waals surface area contributed by atoms with Crippen LogP contribution in [0, 0.1) is 16.7 Å². The third kappa shape index (κ3) is 2.24. The Morgan fingerprint density at radius 1 is 1.20 bits per heavy atom. The molecule has 1 saturated carbocycles. The number of nitrogens with one attached hydrogen (secondary N) is 1. The Bertz CT molecular complexity index is 579. The van der Waals surface area contributed by atoms with E-state index < -0.39 is 5.97 Å². The first-order valence-electron chi connectivity index (χ1n) is 6.42. The number of carbonyl (C=O) groups excluding carboxylic acids is 1. The summed E-state index contributed by atoms with van der Waals surface area (Å²) in [6, 6.07) is 4.81. The summed E-state index contributed by atoms with van der Waals surface area (Å²) in [5.74, 6) is -1.29. The highest BCUT2D eigenvalue weighted by Crippen LogP contribution is 2.68. The second-order valence-corrected chi connectivity index (χ2v) is 7.28. The second kappa shape index (κ2) is 4.58. The van der Waals surface area contributed by atoms with Crippen LogP contribution in [0.25, 0.3) is 0 Å². The highest BCUT2D eigenvalue weighted by Gasteiger charge is 2.68. The van der Waals surface area contributed by atoms with Crippen LogP contribution in [-0.2, 0) is 4.79 Å². The Hall–Kier alpha value is -1.36. The number of halogens is 1. The van der Waals surface area contributed by atoms with Gasteiger partial charge in [-0.3, -0.25) is 4.79 Å². The summed E-state index contributed by atoms with van der Waals surface area (Å²) < 4.78 is 0.667. The third-order valence-electron chi connectivity index (χ3n) is 4.75. The molecule has 1 aromatic carbocycles. The Balaban J connectivity index is 2.24. The molecule has 1 aromatic rings. The average molecular weight is 340 g/mol. The minimum absolute atomic E-state index is 0.0736. The van der Waals surface area contributed by atoms with Crippen LogP contribution in [0.5, 0.6) is 0 Å². The number of amides is 1. The molecule has 2 rings (SSSR count). The van der Waals surface area contributed by atoms with E-state index in [9.17, 15) is 14.7 Å². The summed E-state index contributed by atoms with van der Waals surface area (Å²) in [7, 11) is 0. The molecule has 0 spiro atoms. The maximum Gasteiger partial charge on any atom is 0.337 e. The standard InChI is InChI=1S/C15H18BrNO3/c1-14(2)11(15(14,3)4)12(18)17-10-6-5-8(16)7-9(10)13(19)20/h5-7,11H,1-4H3,(H,17,18)(H,19,20). The molecule has 0 aliphatic heterocycles. The van der Waals surface area contributed by atoms with Crippen molar-refractivity contribution in [1.29, 1.82) is 0 Å². The third-order valence-corrected chi connectivity index (χ3v) is 5.25. The smallest absolute Gasteiger partial charge is 0.337 e. The van der Waals surface area contributed by atoms with Crippen molar-refractivity contribution < 1.29 is 14.7 Å². The molecule has 1 aliphatic carbocycles. The minimum atomic E-state index is -1.06. The van der Waals surface area contributed by atoms with Crippen LogP contribution < -0.4 is 5.32 Å². The molecule has 0 saturated heterocycles. The van der Waals surface area contributed by atoms with Crippen molar-refractivity contribution in [3.05, 3.63) is 28.2 Å². The number of carboxylic acids is 1. The lowest BCUT2D eigenvalue weighted by Crippen LogP contribution is -2.19. The van der Waals surface area contributed by atoms with E-state index in [1.165, 1.54) is 6.07 Å². The first-order valence-corrected chi connectivity index (χ1v) is 7.22. The zero-order chi connectivity index (χ0) is 15.3. The predicted octanol–water partition coefficient (Wildman–Crippen LogP) is 3.77. The van der Waals surface area contributed by atoms with E-state index in [2.05, 4.69) is 48.9 Å². The number of anilines is 1. The van der Waals surface area contributed by atoms with Crippen LogP contribution in [0.2, 0.25) is 0 Å². The number of benzene rings is 1. The first-order chi connectivity index (χ1) is 9.09. The summed E-state index contributed by atoms with van der Waals surface area (Å²) in [6.07, 6.45) is 0. The Morgan fingerprint density at radius 3 is 2.20 bits per heavy atom. The van der Waals surface area contributed by atoms with Crippen LogP contribution in [0.3, 0.4) is 0 Å². The lowest BCUT2D eigenvalue weighted by atomic mass is 10.0. The monoisotopic (exact) mass is 339 g/mol. The molecular weight excluding hydrogens is 322 g/mol. The minimum Gasteiger partial charge on any atom is -0.478 e. The Labute approximate surface area is 126 Å². The molecule has 5 heteroatoms. The predicted molar refractivity (Wildman–Crippen MR) is 80.8 cm³/mol. The van der Waals surface area contributed by atoms with Crippen molar-refractivity contribution in [1.82, 2.24) is 0 Å². The molecule has 1 fully saturated rings. The van der Waals surface area contributed by atoms with Crippen LogP contribution >= 0.6 is 15.9 Å². The number of hydrogen-bond donors (Lipinski definition) is 2. The van der Waals surface area contributed by atoms with E-state index in [1.807, 2.05) is 0 Å². The quantitative estimate of drug-likeness (QED) is 0.880. The lowest BCUT2D eigenvalue weighted by Gasteiger charge is -2.10. The Kier molecular flexibility index (Phi) is 3.45. The zero-order valence-electron chi connectivity index (χ0n) is 12.0. The molecule has 108 valence electrons. The molecule has 0 bridgehead atoms. The summed E-state index contributed by atoms with van der Waals surface area (Å²) in [5, 5.41) is 11.9. The SMILES string of the molecule is CC1(C)C(C(=O)Nc2ccc(Br)cc2C(=O)O)C1(C)C. The first kappa shape index (κ1) is 15.0. The van der Waals surface area contributed by atoms with Crippen molar-refractivity contribution in [3.8, 4) is 0 Å². The van der Waals surface area contributed by atoms with E-state index in [1.54, 1.807) is 12.1 Å². The van der Waals surface area contributed by atoms with Gasteiger partial charge in [0.05, 0.1) is 11.3 Å². The van der Waals surface area contributed by atoms with E-state index in [4.69, 9.17) is 0 Å². The van der Waals surface area contributed by atoms with Crippen LogP contribution in [0.4, 0.5) is 5.69 Å². The fourth-order valence-corrected chi connectivity index (χ4v) is 3.22. The molecule has 0 radical (unpaired) electrons. The largest absolute Gasteiger partial charge is 0.478 e. The van der Waals surface area contributed by atoms with Crippen LogP contribution in [0.1, 0.15) is 38.1 Å². The van der Waals surface area contributed by atoms with Crippen molar-refractivity contribution in [2.24, 2.45) is 16.7 Å². The topological polar surface area (TPSA) is 66.4 Å². The lowest BCUT2D eigenvalue weighted by molar-refractivity contribution is -0.118. The number of rotatable bonds is 3. The fourth-order valence-electron chi connectivity index (χ4n) is 2.86. The number of hydrogen-bond acceptors (Lipinski definition) is 2. The Morgan fingerprint density at radius 2 is 1.75 bits per heavy atom. The molecular formula is C15H18BrNO3. The summed E-state index contributed by atoms with van der Waals surface area (Å²) in [6.45, 7) is 8.21. The molecule has 0 atom stereocenters. The van der Waals surface area contributed by atoms with E-state index in [0.29, 0.717) is 10.2 Å². The summed E-state index contributed by atoms with van der Waals surface area (Å²) >= 11 is 3.23. The number of carboxylic acid groups (broad SMARTS) is 1. The number of carbonyl (C=O) groups is 2. The van der Waals surface area contributed by atoms with Gasteiger partial charge in [-0.05, 0) is 29.0 Å². The van der Waals surface area contributed by atoms with E-state index in [-0.39, 0.29) is 28.2 Å². The molecule has 1 amide bonds. The van der Waals surface area contributed by atoms with Gasteiger partial charge in [0.2, 0.25) is 5.91 Å². The van der Waals surface area contributed by atoms with Crippen molar-refractivity contribution in [3.63, 3.8) is 0 Å². The van der Waals surface area contributed by atoms with Crippen LogP contribution in [-0.4, -0.2) is 17.0 Å². The van der Waals surface area contributed by atoms with Crippen molar-refractivity contribution in [2.75, 3.05) is 5.32 Å². The molecule has 4 nitrogen and oxygen atoms in total. The van der Waals surface area contributed by atoms with Gasteiger partial charge in [-0.2, -0.15) is 0 Å². The van der Waals surface area contributed by atoms with Crippen molar-refractivity contribution >= 4 is 33.5 Å². The molecule has 0 heterocycles. The normalized spacial score (nSPS) is 19.4. The summed E-state index contributed by atoms with van der Waals surface area (Å²) in [4.78, 5) is 23.6. The fraction of sp³-hybridized carbons (Fsp3) is 0.467. The maximum absolute atomic E-state index is 12.3. The van der Waals surface area contributed by atoms with Crippen LogP contribution in [0.15, 0.2) is 22.7 Å². The van der Waals surface area contributed by atoms with Gasteiger partial charge in [0.25, 0.3) is 0 Å². The van der Waals surface area contributed by atoms with Crippen molar-refractivity contribution in [2.45, 2.75) is 27.7 Å². The average Bonchev–Trinajstić information content (AvgIpc) is 2.71. The van der Waals surface area contributed by atoms with E-state index in [0.717, 1.165) is 0 Å². The summed E-state index contributed by atoms with van der Waals surface area (Å²) in [5.41, 5.74) is 0.277. The molecule has 0 aromatic heterocycles. The molecule has 1 aliphatic rings. The second-order valence-electron chi connectivity index (χ2n) is 6.36. The number of aromatic carboxylic acids is 1. The van der Waals surface area contributed by atoms with Gasteiger partial charge in [-0.1, -0.05) is 43.6 Å². The molecule has 20 heavy (non-hydrogen) atoms. The van der Waals surface area contributed by atoms with Gasteiger partial charge >= 0.3 is 5.97 Å².